The van der Waals surface area contributed by atoms with Gasteiger partial charge in [-0.2, -0.15) is 0 Å². The highest BCUT2D eigenvalue weighted by molar-refractivity contribution is 6.36. The molecule has 0 fully saturated rings. The summed E-state index contributed by atoms with van der Waals surface area (Å²) in [6, 6.07) is 10.5. The van der Waals surface area contributed by atoms with Gasteiger partial charge < -0.3 is 14.8 Å². The zero-order valence-corrected chi connectivity index (χ0v) is 16.9. The number of benzene rings is 2. The molecule has 2 aromatic carbocycles. The third kappa shape index (κ3) is 3.43. The molecule has 0 saturated carbocycles. The van der Waals surface area contributed by atoms with Gasteiger partial charge in [0.2, 0.25) is 0 Å². The molecule has 146 valence electrons. The SMILES string of the molecule is CCN1C(=O)C(Nc2ccc(C)c(Cl)c2)=C(c2ccc(OC)c(OC)c2)C1=O. The van der Waals surface area contributed by atoms with Crippen LogP contribution in [0.15, 0.2) is 42.1 Å². The number of amides is 2. The zero-order valence-electron chi connectivity index (χ0n) is 16.1. The average molecular weight is 401 g/mol. The Labute approximate surface area is 168 Å². The summed E-state index contributed by atoms with van der Waals surface area (Å²) in [5, 5.41) is 3.65. The number of likely N-dealkylation sites (N-methyl/N-ethyl adjacent to an activating group) is 1. The topological polar surface area (TPSA) is 67.9 Å². The van der Waals surface area contributed by atoms with Gasteiger partial charge in [0.25, 0.3) is 11.8 Å². The Balaban J connectivity index is 2.12. The molecule has 6 nitrogen and oxygen atoms in total. The lowest BCUT2D eigenvalue weighted by Crippen LogP contribution is -2.32. The molecule has 2 amide bonds. The maximum atomic E-state index is 12.9. The van der Waals surface area contributed by atoms with Gasteiger partial charge in [-0.3, -0.25) is 14.5 Å². The third-order valence-corrected chi connectivity index (χ3v) is 5.00. The molecule has 2 aromatic rings. The molecule has 0 atom stereocenters. The number of imide groups is 1. The van der Waals surface area contributed by atoms with Crippen molar-refractivity contribution in [2.24, 2.45) is 0 Å². The van der Waals surface area contributed by atoms with Crippen molar-refractivity contribution in [2.75, 3.05) is 26.1 Å². The third-order valence-electron chi connectivity index (χ3n) is 4.60. The fourth-order valence-electron chi connectivity index (χ4n) is 3.05. The van der Waals surface area contributed by atoms with E-state index < -0.39 is 0 Å². The van der Waals surface area contributed by atoms with Gasteiger partial charge in [0, 0.05) is 17.3 Å². The first-order valence-corrected chi connectivity index (χ1v) is 9.15. The summed E-state index contributed by atoms with van der Waals surface area (Å²) in [6.45, 7) is 3.92. The van der Waals surface area contributed by atoms with Crippen LogP contribution in [-0.2, 0) is 9.59 Å². The fourth-order valence-corrected chi connectivity index (χ4v) is 3.23. The van der Waals surface area contributed by atoms with Crippen molar-refractivity contribution >= 4 is 34.7 Å². The first kappa shape index (κ1) is 19.8. The van der Waals surface area contributed by atoms with Gasteiger partial charge in [0.05, 0.1) is 19.8 Å². The molecule has 7 heteroatoms. The predicted octanol–water partition coefficient (Wildman–Crippen LogP) is 3.88. The Morgan fingerprint density at radius 1 is 1.00 bits per heavy atom. The number of hydrogen-bond acceptors (Lipinski definition) is 5. The van der Waals surface area contributed by atoms with Crippen LogP contribution in [0, 0.1) is 6.92 Å². The van der Waals surface area contributed by atoms with E-state index in [-0.39, 0.29) is 29.6 Å². The molecule has 28 heavy (non-hydrogen) atoms. The van der Waals surface area contributed by atoms with E-state index in [0.717, 1.165) is 5.56 Å². The number of nitrogens with one attached hydrogen (secondary N) is 1. The molecule has 0 bridgehead atoms. The van der Waals surface area contributed by atoms with Crippen molar-refractivity contribution in [1.29, 1.82) is 0 Å². The molecule has 0 saturated heterocycles. The van der Waals surface area contributed by atoms with Crippen molar-refractivity contribution in [3.63, 3.8) is 0 Å². The molecule has 0 spiro atoms. The van der Waals surface area contributed by atoms with Crippen molar-refractivity contribution in [3.8, 4) is 11.5 Å². The van der Waals surface area contributed by atoms with Gasteiger partial charge in [-0.15, -0.1) is 0 Å². The highest BCUT2D eigenvalue weighted by atomic mass is 35.5. The van der Waals surface area contributed by atoms with E-state index in [0.29, 0.717) is 27.8 Å². The summed E-state index contributed by atoms with van der Waals surface area (Å²) in [7, 11) is 3.05. The zero-order chi connectivity index (χ0) is 20.4. The Hall–Kier alpha value is -2.99. The number of carbonyl (C=O) groups excluding carboxylic acids is 2. The lowest BCUT2D eigenvalue weighted by molar-refractivity contribution is -0.136. The lowest BCUT2D eigenvalue weighted by Gasteiger charge is -2.12. The first-order chi connectivity index (χ1) is 13.4. The van der Waals surface area contributed by atoms with Gasteiger partial charge in [-0.1, -0.05) is 23.7 Å². The fraction of sp³-hybridized carbons (Fsp3) is 0.238. The van der Waals surface area contributed by atoms with Crippen LogP contribution >= 0.6 is 11.6 Å². The number of nitrogens with zero attached hydrogens (tertiary/aromatic N) is 1. The quantitative estimate of drug-likeness (QED) is 0.745. The normalized spacial score (nSPS) is 14.0. The molecule has 1 aliphatic rings. The molecule has 0 aliphatic carbocycles. The minimum atomic E-state index is -0.381. The number of ether oxygens (including phenoxy) is 2. The van der Waals surface area contributed by atoms with Crippen molar-refractivity contribution in [1.82, 2.24) is 4.90 Å². The Morgan fingerprint density at radius 3 is 2.32 bits per heavy atom. The van der Waals surface area contributed by atoms with E-state index in [1.54, 1.807) is 31.2 Å². The molecule has 1 N–H and O–H groups in total. The number of anilines is 1. The number of carbonyl (C=O) groups is 2. The second-order valence-corrected chi connectivity index (χ2v) is 6.67. The molecule has 0 unspecified atom stereocenters. The molecule has 3 rings (SSSR count). The van der Waals surface area contributed by atoms with Gasteiger partial charge in [-0.25, -0.2) is 0 Å². The summed E-state index contributed by atoms with van der Waals surface area (Å²) in [5.41, 5.74) is 2.60. The highest BCUT2D eigenvalue weighted by Gasteiger charge is 2.38. The molecular formula is C21H21ClN2O4. The van der Waals surface area contributed by atoms with E-state index in [1.807, 2.05) is 19.1 Å². The molecule has 1 heterocycles. The van der Waals surface area contributed by atoms with Gasteiger partial charge in [0.15, 0.2) is 11.5 Å². The van der Waals surface area contributed by atoms with Crippen LogP contribution in [0.4, 0.5) is 5.69 Å². The summed E-state index contributed by atoms with van der Waals surface area (Å²) in [5.74, 6) is 0.269. The van der Waals surface area contributed by atoms with E-state index >= 15 is 0 Å². The summed E-state index contributed by atoms with van der Waals surface area (Å²) in [4.78, 5) is 27.0. The smallest absolute Gasteiger partial charge is 0.278 e. The van der Waals surface area contributed by atoms with Crippen LogP contribution in [0.3, 0.4) is 0 Å². The van der Waals surface area contributed by atoms with Crippen LogP contribution in [0.25, 0.3) is 5.57 Å². The predicted molar refractivity (Wildman–Crippen MR) is 109 cm³/mol. The minimum Gasteiger partial charge on any atom is -0.493 e. The molecule has 0 aromatic heterocycles. The molecular weight excluding hydrogens is 380 g/mol. The number of aryl methyl sites for hydroxylation is 1. The summed E-state index contributed by atoms with van der Waals surface area (Å²) < 4.78 is 10.6. The summed E-state index contributed by atoms with van der Waals surface area (Å²) in [6.07, 6.45) is 0. The average Bonchev–Trinajstić information content (AvgIpc) is 2.93. The Kier molecular flexibility index (Phi) is 5.61. The second kappa shape index (κ2) is 7.94. The second-order valence-electron chi connectivity index (χ2n) is 6.26. The number of hydrogen-bond donors (Lipinski definition) is 1. The van der Waals surface area contributed by atoms with Gasteiger partial charge >= 0.3 is 0 Å². The van der Waals surface area contributed by atoms with Crippen LogP contribution < -0.4 is 14.8 Å². The summed E-state index contributed by atoms with van der Waals surface area (Å²) >= 11 is 6.20. The number of halogens is 1. The number of methoxy groups -OCH3 is 2. The van der Waals surface area contributed by atoms with E-state index in [9.17, 15) is 9.59 Å². The monoisotopic (exact) mass is 400 g/mol. The van der Waals surface area contributed by atoms with Gasteiger partial charge in [0.1, 0.15) is 5.70 Å². The van der Waals surface area contributed by atoms with Crippen molar-refractivity contribution in [2.45, 2.75) is 13.8 Å². The standard InChI is InChI=1S/C21H21ClN2O4/c1-5-24-20(25)18(13-7-9-16(27-3)17(10-13)28-4)19(21(24)26)23-14-8-6-12(2)15(22)11-14/h6-11,23H,5H2,1-4H3. The van der Waals surface area contributed by atoms with Gasteiger partial charge in [-0.05, 0) is 49.2 Å². The number of rotatable bonds is 6. The van der Waals surface area contributed by atoms with Crippen molar-refractivity contribution < 1.29 is 19.1 Å². The van der Waals surface area contributed by atoms with Crippen LogP contribution in [0.2, 0.25) is 5.02 Å². The van der Waals surface area contributed by atoms with Crippen LogP contribution in [0.5, 0.6) is 11.5 Å². The maximum absolute atomic E-state index is 12.9. The Morgan fingerprint density at radius 2 is 1.71 bits per heavy atom. The minimum absolute atomic E-state index is 0.207. The Bertz CT molecular complexity index is 984. The van der Waals surface area contributed by atoms with Crippen LogP contribution in [0.1, 0.15) is 18.1 Å². The lowest BCUT2D eigenvalue weighted by atomic mass is 10.0. The largest absolute Gasteiger partial charge is 0.493 e. The van der Waals surface area contributed by atoms with Crippen LogP contribution in [-0.4, -0.2) is 37.5 Å². The van der Waals surface area contributed by atoms with Crippen molar-refractivity contribution in [3.05, 3.63) is 58.2 Å². The molecule has 1 aliphatic heterocycles. The first-order valence-electron chi connectivity index (χ1n) is 8.77. The van der Waals surface area contributed by atoms with E-state index in [2.05, 4.69) is 5.32 Å². The highest BCUT2D eigenvalue weighted by Crippen LogP contribution is 2.35. The van der Waals surface area contributed by atoms with E-state index in [1.165, 1.54) is 19.1 Å². The van der Waals surface area contributed by atoms with E-state index in [4.69, 9.17) is 21.1 Å². The molecule has 0 radical (unpaired) electrons. The maximum Gasteiger partial charge on any atom is 0.278 e.